The third-order valence-corrected chi connectivity index (χ3v) is 3.81. The molecule has 4 amide bonds. The number of hydrogen-bond acceptors (Lipinski definition) is 24. The molecule has 4 heterocycles. The van der Waals surface area contributed by atoms with Gasteiger partial charge in [-0.05, 0) is 27.7 Å². The highest BCUT2D eigenvalue weighted by Crippen LogP contribution is 1.95. The van der Waals surface area contributed by atoms with Crippen LogP contribution in [-0.4, -0.2) is 84.9 Å². The predicted octanol–water partition coefficient (Wildman–Crippen LogP) is -6.25. The van der Waals surface area contributed by atoms with Crippen LogP contribution in [-0.2, 0) is 4.79 Å². The first-order valence-corrected chi connectivity index (χ1v) is 13.8. The van der Waals surface area contributed by atoms with Gasteiger partial charge in [0.2, 0.25) is 35.6 Å². The maximum atomic E-state index is 10.4. The van der Waals surface area contributed by atoms with Crippen molar-refractivity contribution in [2.75, 3.05) is 35.7 Å². The monoisotopic (exact) mass is 762 g/mol. The van der Waals surface area contributed by atoms with Crippen LogP contribution in [0.4, 0.5) is 39.3 Å². The summed E-state index contributed by atoms with van der Waals surface area (Å²) in [4.78, 5) is 99.0. The van der Waals surface area contributed by atoms with E-state index in [1.807, 2.05) is 4.98 Å². The number of carbonyl (C=O) groups is 3. The van der Waals surface area contributed by atoms with Crippen molar-refractivity contribution >= 4 is 47.8 Å². The lowest BCUT2D eigenvalue weighted by atomic mass is 10.7. The third kappa shape index (κ3) is 33.4. The second kappa shape index (κ2) is 27.3. The molecule has 0 saturated heterocycles. The molecule has 54 heavy (non-hydrogen) atoms. The van der Waals surface area contributed by atoms with E-state index in [1.54, 1.807) is 44.6 Å². The minimum absolute atomic E-state index is 0.0104. The summed E-state index contributed by atoms with van der Waals surface area (Å²) in [5.41, 5.74) is 33.7. The van der Waals surface area contributed by atoms with Crippen LogP contribution in [0, 0.1) is 39.1 Å². The van der Waals surface area contributed by atoms with E-state index in [1.165, 1.54) is 13.8 Å². The van der Waals surface area contributed by atoms with Gasteiger partial charge in [0.15, 0.2) is 6.19 Å². The lowest BCUT2D eigenvalue weighted by molar-refractivity contribution is -0.249. The molecule has 20 N–H and O–H groups in total. The van der Waals surface area contributed by atoms with E-state index in [-0.39, 0.29) is 35.6 Å². The molecule has 0 fully saturated rings. The summed E-state index contributed by atoms with van der Waals surface area (Å²) < 4.78 is 0. The standard InChI is InChI=1S/2C4H7N5.C4H6N4O.C4H5N3O2.2C3H6N2O2.C2H4N2/c2*1-2-7-3(5)9-4(6)8-2;1-2-6-3(5)8-4(9)7-2;1-2-5-3(8)7-4(9)6-2;1-2(6)5-3(4)7;1-2(4)5-3(6)7;1-4-2-3/h2*1H3,(H4,5,6,7,8,9);1H3,(H3,5,6,7,8,9);1H3,(H2,5,6,7,8,9);1H3,(H3,4,5,6,7);5H,1,4H2,(H,6,7);4H,1H3/p-1. The number of carboxylic acid groups (broad SMARTS) is 1. The Bertz CT molecular complexity index is 1770. The van der Waals surface area contributed by atoms with E-state index < -0.39 is 35.1 Å². The van der Waals surface area contributed by atoms with Crippen molar-refractivity contribution in [1.82, 2.24) is 75.8 Å². The largest absolute Gasteiger partial charge is 0.530 e. The second-order valence-corrected chi connectivity index (χ2v) is 8.72. The van der Waals surface area contributed by atoms with Gasteiger partial charge >= 0.3 is 23.1 Å². The average Bonchev–Trinajstić information content (AvgIpc) is 2.94. The van der Waals surface area contributed by atoms with Crippen LogP contribution in [0.3, 0.4) is 0 Å². The molecular weight excluding hydrogens is 722 g/mol. The quantitative estimate of drug-likeness (QED) is 0.0633. The highest BCUT2D eigenvalue weighted by Gasteiger charge is 1.95. The first-order chi connectivity index (χ1) is 24.9. The molecule has 30 heteroatoms. The number of rotatable bonds is 1. The van der Waals surface area contributed by atoms with Crippen molar-refractivity contribution in [1.29, 1.82) is 5.26 Å². The number of nitrogen functional groups attached to an aromatic ring is 5. The number of urea groups is 1. The van der Waals surface area contributed by atoms with Crippen molar-refractivity contribution in [3.63, 3.8) is 0 Å². The molecule has 30 nitrogen and oxygen atoms in total. The Morgan fingerprint density at radius 3 is 1.24 bits per heavy atom. The average molecular weight is 763 g/mol. The van der Waals surface area contributed by atoms with Gasteiger partial charge in [-0.15, -0.1) is 0 Å². The summed E-state index contributed by atoms with van der Waals surface area (Å²) in [5, 5.41) is 22.7. The summed E-state index contributed by atoms with van der Waals surface area (Å²) in [6.07, 6.45) is 0.243. The molecule has 294 valence electrons. The number of hydrogen-bond donors (Lipinski definition) is 13. The molecule has 0 aliphatic heterocycles. The van der Waals surface area contributed by atoms with Crippen molar-refractivity contribution in [2.24, 2.45) is 11.5 Å². The van der Waals surface area contributed by atoms with E-state index in [2.05, 4.69) is 72.5 Å². The smallest absolute Gasteiger partial charge is 0.350 e. The van der Waals surface area contributed by atoms with E-state index in [0.29, 0.717) is 23.3 Å². The molecule has 0 aliphatic carbocycles. The molecule has 0 saturated carbocycles. The molecule has 4 aromatic heterocycles. The Kier molecular flexibility index (Phi) is 25.2. The van der Waals surface area contributed by atoms with Gasteiger partial charge in [-0.2, -0.15) is 45.1 Å². The van der Waals surface area contributed by atoms with Crippen LogP contribution in [0.25, 0.3) is 0 Å². The van der Waals surface area contributed by atoms with Crippen molar-refractivity contribution < 1.29 is 19.5 Å². The highest BCUT2D eigenvalue weighted by molar-refractivity contribution is 5.92. The highest BCUT2D eigenvalue weighted by atomic mass is 16.4. The Morgan fingerprint density at radius 1 is 0.667 bits per heavy atom. The molecular formula is C24H40N23O7-. The lowest BCUT2D eigenvalue weighted by Gasteiger charge is -2.01. The fraction of sp³-hybridized carbons (Fsp3) is 0.250. The number of primary amides is 1. The molecule has 0 bridgehead atoms. The number of aryl methyl sites for hydroxylation is 4. The number of nitrogens with one attached hydrogen (secondary N) is 6. The van der Waals surface area contributed by atoms with Crippen LogP contribution < -0.4 is 78.3 Å². The van der Waals surface area contributed by atoms with Gasteiger partial charge in [-0.25, -0.2) is 24.2 Å². The number of nitrogens with zero attached hydrogens (tertiary/aromatic N) is 10. The maximum Gasteiger partial charge on any atom is 0.350 e. The van der Waals surface area contributed by atoms with Gasteiger partial charge in [0, 0.05) is 14.0 Å². The minimum atomic E-state index is -1.44. The van der Waals surface area contributed by atoms with Gasteiger partial charge in [-0.1, -0.05) is 6.58 Å². The zero-order chi connectivity index (χ0) is 42.6. The second-order valence-electron chi connectivity index (χ2n) is 8.72. The molecule has 4 aromatic rings. The number of nitrogens with two attached hydrogens (primary N) is 7. The molecule has 0 radical (unpaired) electrons. The Balaban J connectivity index is -0.000000569. The number of imide groups is 1. The van der Waals surface area contributed by atoms with E-state index in [4.69, 9.17) is 39.7 Å². The molecule has 4 rings (SSSR count). The van der Waals surface area contributed by atoms with Gasteiger partial charge in [0.1, 0.15) is 29.4 Å². The molecule has 0 atom stereocenters. The number of nitriles is 1. The topological polar surface area (TPSA) is 531 Å². The molecule has 0 spiro atoms. The van der Waals surface area contributed by atoms with Crippen LogP contribution in [0.2, 0.25) is 0 Å². The van der Waals surface area contributed by atoms with Gasteiger partial charge in [0.05, 0.1) is 5.82 Å². The predicted molar refractivity (Wildman–Crippen MR) is 189 cm³/mol. The van der Waals surface area contributed by atoms with Crippen molar-refractivity contribution in [2.45, 2.75) is 34.6 Å². The summed E-state index contributed by atoms with van der Waals surface area (Å²) in [6.45, 7) is 10.8. The number of amides is 4. The summed E-state index contributed by atoms with van der Waals surface area (Å²) in [6, 6.07) is -0.812. The summed E-state index contributed by atoms with van der Waals surface area (Å²) in [5.74, 6) is 2.00. The fourth-order valence-corrected chi connectivity index (χ4v) is 2.36. The van der Waals surface area contributed by atoms with Gasteiger partial charge < -0.3 is 60.7 Å². The van der Waals surface area contributed by atoms with Gasteiger partial charge in [-0.3, -0.25) is 25.1 Å². The number of aromatic amines is 3. The zero-order valence-corrected chi connectivity index (χ0v) is 29.6. The Morgan fingerprint density at radius 2 is 1.04 bits per heavy atom. The fourth-order valence-electron chi connectivity index (χ4n) is 2.36. The summed E-state index contributed by atoms with van der Waals surface area (Å²) >= 11 is 0. The maximum absolute atomic E-state index is 10.4. The number of H-pyrrole nitrogens is 3. The molecule has 0 aliphatic rings. The molecule has 0 aromatic carbocycles. The van der Waals surface area contributed by atoms with Crippen molar-refractivity contribution in [3.8, 4) is 6.19 Å². The van der Waals surface area contributed by atoms with E-state index in [0.717, 1.165) is 0 Å². The van der Waals surface area contributed by atoms with Crippen LogP contribution >= 0.6 is 0 Å². The van der Waals surface area contributed by atoms with E-state index >= 15 is 0 Å². The number of aromatic nitrogens is 12. The van der Waals surface area contributed by atoms with Gasteiger partial charge in [0.25, 0.3) is 0 Å². The molecule has 0 unspecified atom stereocenters. The zero-order valence-electron chi connectivity index (χ0n) is 29.6. The SMILES string of the molecule is C=C(N)NC(=O)[O-].CC(=O)NC(N)=O.CNC#N.Cc1nc(=O)[nH]c(=O)[nH]1.Cc1nc(N)nc(=O)[nH]1.Cc1nc(N)nc(N)n1.Cc1nc(N)nc(N)n1. The lowest BCUT2D eigenvalue weighted by Crippen LogP contribution is -2.37. The van der Waals surface area contributed by atoms with E-state index in [9.17, 15) is 33.9 Å². The normalized spacial score (nSPS) is 8.54. The van der Waals surface area contributed by atoms with Crippen LogP contribution in [0.5, 0.6) is 0 Å². The third-order valence-electron chi connectivity index (χ3n) is 3.81. The first-order valence-electron chi connectivity index (χ1n) is 13.8. The Labute approximate surface area is 303 Å². The Hall–Kier alpha value is -8.52. The number of anilines is 5. The van der Waals surface area contributed by atoms with Crippen LogP contribution in [0.15, 0.2) is 26.8 Å². The number of carbonyl (C=O) groups excluding carboxylic acids is 3. The first kappa shape index (κ1) is 49.9. The summed E-state index contributed by atoms with van der Waals surface area (Å²) in [7, 11) is 1.57. The van der Waals surface area contributed by atoms with Crippen LogP contribution in [0.1, 0.15) is 30.2 Å². The van der Waals surface area contributed by atoms with Crippen molar-refractivity contribution in [3.05, 3.63) is 67.2 Å². The minimum Gasteiger partial charge on any atom is -0.530 e.